The van der Waals surface area contributed by atoms with Crippen LogP contribution in [0.15, 0.2) is 29.3 Å². The minimum atomic E-state index is -0.210. The van der Waals surface area contributed by atoms with Crippen LogP contribution in [0.25, 0.3) is 0 Å². The van der Waals surface area contributed by atoms with Gasteiger partial charge in [-0.25, -0.2) is 0 Å². The molecule has 0 saturated carbocycles. The smallest absolute Gasteiger partial charge is 0.251 e. The number of carbonyl (C=O) groups excluding carboxylic acids is 2. The van der Waals surface area contributed by atoms with Gasteiger partial charge < -0.3 is 10.2 Å². The van der Waals surface area contributed by atoms with Gasteiger partial charge in [0.15, 0.2) is 0 Å². The summed E-state index contributed by atoms with van der Waals surface area (Å²) in [5.74, 6) is -0.181. The van der Waals surface area contributed by atoms with Crippen LogP contribution in [-0.4, -0.2) is 29.0 Å². The third-order valence-electron chi connectivity index (χ3n) is 3.29. The Morgan fingerprint density at radius 2 is 1.95 bits per heavy atom. The lowest BCUT2D eigenvalue weighted by Gasteiger charge is -2.12. The normalized spacial score (nSPS) is 20.6. The van der Waals surface area contributed by atoms with E-state index in [0.717, 1.165) is 16.8 Å². The van der Waals surface area contributed by atoms with Gasteiger partial charge in [0, 0.05) is 18.8 Å². The van der Waals surface area contributed by atoms with E-state index in [4.69, 9.17) is 0 Å². The van der Waals surface area contributed by atoms with Crippen molar-refractivity contribution in [3.63, 3.8) is 0 Å². The fourth-order valence-electron chi connectivity index (χ4n) is 2.11. The summed E-state index contributed by atoms with van der Waals surface area (Å²) < 4.78 is 0. The van der Waals surface area contributed by atoms with Gasteiger partial charge in [-0.2, -0.15) is 0 Å². The highest BCUT2D eigenvalue weighted by atomic mass is 32.2. The van der Waals surface area contributed by atoms with E-state index in [1.165, 1.54) is 22.7 Å². The molecule has 0 bridgehead atoms. The molecule has 1 fully saturated rings. The first kappa shape index (κ1) is 14.7. The number of anilines is 1. The van der Waals surface area contributed by atoms with E-state index in [2.05, 4.69) is 5.32 Å². The molecule has 20 heavy (non-hydrogen) atoms. The fourth-order valence-corrected chi connectivity index (χ4v) is 3.15. The lowest BCUT2D eigenvalue weighted by atomic mass is 10.1. The van der Waals surface area contributed by atoms with Gasteiger partial charge >= 0.3 is 0 Å². The third-order valence-corrected chi connectivity index (χ3v) is 4.48. The predicted octanol–water partition coefficient (Wildman–Crippen LogP) is 2.68. The molecule has 1 aliphatic heterocycles. The maximum absolute atomic E-state index is 12.1. The molecular weight excluding hydrogens is 272 g/mol. The number of nitrogens with one attached hydrogen (secondary N) is 1. The van der Waals surface area contributed by atoms with E-state index >= 15 is 0 Å². The summed E-state index contributed by atoms with van der Waals surface area (Å²) in [4.78, 5) is 25.3. The van der Waals surface area contributed by atoms with Gasteiger partial charge in [0.1, 0.15) is 0 Å². The summed E-state index contributed by atoms with van der Waals surface area (Å²) >= 11 is 1.41. The van der Waals surface area contributed by atoms with Gasteiger partial charge in [-0.05, 0) is 31.9 Å². The van der Waals surface area contributed by atoms with Crippen molar-refractivity contribution in [3.8, 4) is 0 Å². The molecule has 4 nitrogen and oxygen atoms in total. The molecule has 0 spiro atoms. The second-order valence-corrected chi connectivity index (χ2v) is 6.26. The summed E-state index contributed by atoms with van der Waals surface area (Å²) in [7, 11) is 1.69. The first-order chi connectivity index (χ1) is 9.40. The second-order valence-electron chi connectivity index (χ2n) is 4.90. The minimum Gasteiger partial charge on any atom is -0.322 e. The standard InChI is InChI=1S/C15H18N2O2S/c1-9-6-5-7-10(2)14(9)16-12(18)8-13-17(4)15(19)11(3)20-13/h5-8,11H,1-4H3,(H,16,18)/b13-8-. The molecule has 0 aliphatic carbocycles. The molecular formula is C15H18N2O2S. The number of para-hydroxylation sites is 1. The molecule has 1 aromatic rings. The van der Waals surface area contributed by atoms with Crippen LogP contribution in [0.2, 0.25) is 0 Å². The third kappa shape index (κ3) is 2.88. The van der Waals surface area contributed by atoms with Crippen molar-refractivity contribution in [2.75, 3.05) is 12.4 Å². The number of aryl methyl sites for hydroxylation is 2. The largest absolute Gasteiger partial charge is 0.322 e. The lowest BCUT2D eigenvalue weighted by molar-refractivity contribution is -0.126. The SMILES string of the molecule is Cc1cccc(C)c1NC(=O)/C=C1\SC(C)C(=O)N1C. The van der Waals surface area contributed by atoms with Crippen LogP contribution < -0.4 is 5.32 Å². The molecule has 1 aromatic carbocycles. The predicted molar refractivity (Wildman–Crippen MR) is 82.5 cm³/mol. The second kappa shape index (κ2) is 5.71. The van der Waals surface area contributed by atoms with Crippen LogP contribution in [0.5, 0.6) is 0 Å². The van der Waals surface area contributed by atoms with Gasteiger partial charge in [-0.3, -0.25) is 9.59 Å². The molecule has 2 rings (SSSR count). The fraction of sp³-hybridized carbons (Fsp3) is 0.333. The highest BCUT2D eigenvalue weighted by Crippen LogP contribution is 2.33. The summed E-state index contributed by atoms with van der Waals surface area (Å²) in [6, 6.07) is 5.87. The van der Waals surface area contributed by atoms with Gasteiger partial charge in [-0.1, -0.05) is 30.0 Å². The van der Waals surface area contributed by atoms with Crippen molar-refractivity contribution in [1.82, 2.24) is 4.90 Å². The van der Waals surface area contributed by atoms with Crippen LogP contribution in [0.1, 0.15) is 18.1 Å². The monoisotopic (exact) mass is 290 g/mol. The molecule has 1 saturated heterocycles. The highest BCUT2D eigenvalue weighted by Gasteiger charge is 2.31. The molecule has 0 aromatic heterocycles. The Kier molecular flexibility index (Phi) is 4.18. The van der Waals surface area contributed by atoms with Crippen molar-refractivity contribution in [1.29, 1.82) is 0 Å². The molecule has 1 N–H and O–H groups in total. The maximum Gasteiger partial charge on any atom is 0.251 e. The molecule has 1 heterocycles. The molecule has 1 aliphatic rings. The van der Waals surface area contributed by atoms with Gasteiger partial charge in [0.05, 0.1) is 10.3 Å². The van der Waals surface area contributed by atoms with Gasteiger partial charge in [0.25, 0.3) is 5.91 Å². The maximum atomic E-state index is 12.1. The zero-order chi connectivity index (χ0) is 14.9. The summed E-state index contributed by atoms with van der Waals surface area (Å²) in [6.45, 7) is 5.75. The van der Waals surface area contributed by atoms with Crippen LogP contribution in [0.4, 0.5) is 5.69 Å². The van der Waals surface area contributed by atoms with Gasteiger partial charge in [-0.15, -0.1) is 0 Å². The molecule has 0 radical (unpaired) electrons. The first-order valence-corrected chi connectivity index (χ1v) is 7.31. The zero-order valence-electron chi connectivity index (χ0n) is 12.1. The Hall–Kier alpha value is -1.75. The minimum absolute atomic E-state index is 0.0288. The van der Waals surface area contributed by atoms with Crippen molar-refractivity contribution in [3.05, 3.63) is 40.4 Å². The van der Waals surface area contributed by atoms with Crippen LogP contribution in [0, 0.1) is 13.8 Å². The number of nitrogens with zero attached hydrogens (tertiary/aromatic N) is 1. The Morgan fingerprint density at radius 3 is 2.45 bits per heavy atom. The lowest BCUT2D eigenvalue weighted by Crippen LogP contribution is -2.23. The zero-order valence-corrected chi connectivity index (χ0v) is 12.9. The van der Waals surface area contributed by atoms with Crippen LogP contribution in [0.3, 0.4) is 0 Å². The number of hydrogen-bond acceptors (Lipinski definition) is 3. The number of amides is 2. The first-order valence-electron chi connectivity index (χ1n) is 6.43. The van der Waals surface area contributed by atoms with Crippen LogP contribution in [-0.2, 0) is 9.59 Å². The Balaban J connectivity index is 2.16. The molecule has 5 heteroatoms. The highest BCUT2D eigenvalue weighted by molar-refractivity contribution is 8.04. The summed E-state index contributed by atoms with van der Waals surface area (Å²) in [5, 5.41) is 3.45. The van der Waals surface area contributed by atoms with Crippen molar-refractivity contribution < 1.29 is 9.59 Å². The quantitative estimate of drug-likeness (QED) is 0.852. The van der Waals surface area contributed by atoms with E-state index in [-0.39, 0.29) is 17.1 Å². The molecule has 2 amide bonds. The topological polar surface area (TPSA) is 49.4 Å². The average Bonchev–Trinajstić information content (AvgIpc) is 2.62. The van der Waals surface area contributed by atoms with Gasteiger partial charge in [0.2, 0.25) is 5.91 Å². The van der Waals surface area contributed by atoms with Crippen molar-refractivity contribution in [2.24, 2.45) is 0 Å². The molecule has 106 valence electrons. The average molecular weight is 290 g/mol. The van der Waals surface area contributed by atoms with E-state index in [9.17, 15) is 9.59 Å². The number of thioether (sulfide) groups is 1. The summed E-state index contributed by atoms with van der Waals surface area (Å²) in [6.07, 6.45) is 1.48. The molecule has 1 atom stereocenters. The van der Waals surface area contributed by atoms with E-state index in [1.807, 2.05) is 39.0 Å². The number of benzene rings is 1. The molecule has 1 unspecified atom stereocenters. The number of carbonyl (C=O) groups is 2. The Bertz CT molecular complexity index is 575. The number of rotatable bonds is 2. The van der Waals surface area contributed by atoms with E-state index in [0.29, 0.717) is 5.03 Å². The van der Waals surface area contributed by atoms with E-state index in [1.54, 1.807) is 7.05 Å². The Labute approximate surface area is 123 Å². The summed E-state index contributed by atoms with van der Waals surface area (Å²) in [5.41, 5.74) is 2.88. The van der Waals surface area contributed by atoms with Crippen molar-refractivity contribution in [2.45, 2.75) is 26.0 Å². The Morgan fingerprint density at radius 1 is 1.35 bits per heavy atom. The van der Waals surface area contributed by atoms with Crippen molar-refractivity contribution >= 4 is 29.3 Å². The number of hydrogen-bond donors (Lipinski definition) is 1. The van der Waals surface area contributed by atoms with E-state index < -0.39 is 0 Å². The van der Waals surface area contributed by atoms with Crippen LogP contribution >= 0.6 is 11.8 Å².